The Hall–Kier alpha value is -2.50. The molecule has 0 aliphatic heterocycles. The second-order valence-electron chi connectivity index (χ2n) is 3.05. The Morgan fingerprint density at radius 1 is 1.38 bits per heavy atom. The number of nitrogens with two attached hydrogens (primary N) is 1. The highest BCUT2D eigenvalue weighted by Crippen LogP contribution is 2.15. The van der Waals surface area contributed by atoms with Gasteiger partial charge in [-0.1, -0.05) is 0 Å². The summed E-state index contributed by atoms with van der Waals surface area (Å²) in [5, 5.41) is 8.82. The van der Waals surface area contributed by atoms with Crippen molar-refractivity contribution in [1.82, 2.24) is 15.0 Å². The lowest BCUT2D eigenvalue weighted by molar-refractivity contribution is 0.0690. The van der Waals surface area contributed by atoms with E-state index in [-0.39, 0.29) is 17.3 Å². The van der Waals surface area contributed by atoms with Gasteiger partial charge in [-0.2, -0.15) is 0 Å². The Bertz CT molecular complexity index is 528. The topological polar surface area (TPSA) is 102 Å². The molecule has 0 aliphatic carbocycles. The quantitative estimate of drug-likeness (QED) is 0.770. The number of carboxylic acids is 1. The van der Waals surface area contributed by atoms with Crippen LogP contribution in [0.2, 0.25) is 0 Å². The first-order valence-electron chi connectivity index (χ1n) is 4.45. The SMILES string of the molecule is Nc1cc(C(=O)O)nc(-c2cccnc2)n1. The van der Waals surface area contributed by atoms with E-state index in [1.807, 2.05) is 0 Å². The van der Waals surface area contributed by atoms with Crippen LogP contribution in [0.3, 0.4) is 0 Å². The smallest absolute Gasteiger partial charge is 0.354 e. The number of anilines is 1. The standard InChI is InChI=1S/C10H8N4O2/c11-8-4-7(10(15)16)13-9(14-8)6-2-1-3-12-5-6/h1-5H,(H,15,16)(H2,11,13,14). The monoisotopic (exact) mass is 216 g/mol. The Kier molecular flexibility index (Phi) is 2.47. The summed E-state index contributed by atoms with van der Waals surface area (Å²) in [6.07, 6.45) is 3.15. The highest BCUT2D eigenvalue weighted by atomic mass is 16.4. The first kappa shape index (κ1) is 10.0. The van der Waals surface area contributed by atoms with Crippen molar-refractivity contribution in [2.75, 3.05) is 5.73 Å². The molecule has 6 heteroatoms. The summed E-state index contributed by atoms with van der Waals surface area (Å²) in [7, 11) is 0. The number of carbonyl (C=O) groups is 1. The number of aromatic nitrogens is 3. The molecular formula is C10H8N4O2. The van der Waals surface area contributed by atoms with Gasteiger partial charge in [0.2, 0.25) is 0 Å². The minimum atomic E-state index is -1.14. The molecule has 0 spiro atoms. The number of carboxylic acid groups (broad SMARTS) is 1. The fourth-order valence-electron chi connectivity index (χ4n) is 1.20. The van der Waals surface area contributed by atoms with Crippen LogP contribution in [-0.4, -0.2) is 26.0 Å². The molecule has 0 aliphatic rings. The van der Waals surface area contributed by atoms with Crippen molar-refractivity contribution in [3.05, 3.63) is 36.3 Å². The molecule has 80 valence electrons. The normalized spacial score (nSPS) is 10.0. The van der Waals surface area contributed by atoms with Crippen LogP contribution in [0.4, 0.5) is 5.82 Å². The third kappa shape index (κ3) is 1.95. The first-order valence-corrected chi connectivity index (χ1v) is 4.45. The van der Waals surface area contributed by atoms with E-state index < -0.39 is 5.97 Å². The third-order valence-corrected chi connectivity index (χ3v) is 1.88. The van der Waals surface area contributed by atoms with E-state index in [1.165, 1.54) is 6.07 Å². The summed E-state index contributed by atoms with van der Waals surface area (Å²) in [6, 6.07) is 4.65. The fraction of sp³-hybridized carbons (Fsp3) is 0. The van der Waals surface area contributed by atoms with Gasteiger partial charge in [-0.3, -0.25) is 4.98 Å². The second kappa shape index (κ2) is 3.93. The zero-order chi connectivity index (χ0) is 11.5. The number of nitrogen functional groups attached to an aromatic ring is 1. The number of hydrogen-bond acceptors (Lipinski definition) is 5. The van der Waals surface area contributed by atoms with Crippen LogP contribution in [0.1, 0.15) is 10.5 Å². The van der Waals surface area contributed by atoms with E-state index in [0.29, 0.717) is 5.56 Å². The molecule has 0 aromatic carbocycles. The molecule has 2 aromatic rings. The van der Waals surface area contributed by atoms with Crippen molar-refractivity contribution in [3.8, 4) is 11.4 Å². The predicted molar refractivity (Wildman–Crippen MR) is 56.6 cm³/mol. The summed E-state index contributed by atoms with van der Waals surface area (Å²) in [5.41, 5.74) is 5.99. The number of aromatic carboxylic acids is 1. The molecule has 2 aromatic heterocycles. The number of hydrogen-bond donors (Lipinski definition) is 2. The van der Waals surface area contributed by atoms with Crippen LogP contribution >= 0.6 is 0 Å². The highest BCUT2D eigenvalue weighted by Gasteiger charge is 2.10. The fourth-order valence-corrected chi connectivity index (χ4v) is 1.20. The molecule has 0 amide bonds. The molecular weight excluding hydrogens is 208 g/mol. The molecule has 0 bridgehead atoms. The van der Waals surface area contributed by atoms with Crippen LogP contribution in [0.25, 0.3) is 11.4 Å². The Labute approximate surface area is 90.8 Å². The van der Waals surface area contributed by atoms with Crippen molar-refractivity contribution in [2.45, 2.75) is 0 Å². The van der Waals surface area contributed by atoms with Crippen molar-refractivity contribution < 1.29 is 9.90 Å². The van der Waals surface area contributed by atoms with Gasteiger partial charge < -0.3 is 10.8 Å². The van der Waals surface area contributed by atoms with Gasteiger partial charge in [-0.15, -0.1) is 0 Å². The molecule has 2 rings (SSSR count). The maximum atomic E-state index is 10.8. The molecule has 3 N–H and O–H groups in total. The predicted octanol–water partition coefficient (Wildman–Crippen LogP) is 0.819. The molecule has 0 saturated carbocycles. The number of rotatable bonds is 2. The van der Waals surface area contributed by atoms with Crippen molar-refractivity contribution in [1.29, 1.82) is 0 Å². The van der Waals surface area contributed by atoms with Gasteiger partial charge in [0.25, 0.3) is 0 Å². The van der Waals surface area contributed by atoms with Gasteiger partial charge in [0, 0.05) is 24.0 Å². The molecule has 2 heterocycles. The van der Waals surface area contributed by atoms with Crippen molar-refractivity contribution in [2.24, 2.45) is 0 Å². The van der Waals surface area contributed by atoms with Crippen molar-refractivity contribution in [3.63, 3.8) is 0 Å². The number of pyridine rings is 1. The molecule has 0 fully saturated rings. The van der Waals surface area contributed by atoms with Crippen LogP contribution < -0.4 is 5.73 Å². The van der Waals surface area contributed by atoms with E-state index in [1.54, 1.807) is 24.5 Å². The van der Waals surface area contributed by atoms with Gasteiger partial charge >= 0.3 is 5.97 Å². The van der Waals surface area contributed by atoms with Crippen molar-refractivity contribution >= 4 is 11.8 Å². The lowest BCUT2D eigenvalue weighted by atomic mass is 10.2. The summed E-state index contributed by atoms with van der Waals surface area (Å²) in [6.45, 7) is 0. The summed E-state index contributed by atoms with van der Waals surface area (Å²) < 4.78 is 0. The second-order valence-corrected chi connectivity index (χ2v) is 3.05. The van der Waals surface area contributed by atoms with Crippen LogP contribution in [0.5, 0.6) is 0 Å². The highest BCUT2D eigenvalue weighted by molar-refractivity contribution is 5.86. The van der Waals surface area contributed by atoms with Gasteiger partial charge in [0.1, 0.15) is 5.82 Å². The molecule has 0 saturated heterocycles. The average Bonchev–Trinajstić information content (AvgIpc) is 2.29. The average molecular weight is 216 g/mol. The largest absolute Gasteiger partial charge is 0.477 e. The first-order chi connectivity index (χ1) is 7.66. The van der Waals surface area contributed by atoms with E-state index in [4.69, 9.17) is 10.8 Å². The Morgan fingerprint density at radius 2 is 2.19 bits per heavy atom. The van der Waals surface area contributed by atoms with Gasteiger partial charge in [-0.25, -0.2) is 14.8 Å². The van der Waals surface area contributed by atoms with E-state index >= 15 is 0 Å². The van der Waals surface area contributed by atoms with Gasteiger partial charge in [0.05, 0.1) is 0 Å². The Morgan fingerprint density at radius 3 is 2.81 bits per heavy atom. The zero-order valence-electron chi connectivity index (χ0n) is 8.16. The minimum absolute atomic E-state index is 0.117. The lowest BCUT2D eigenvalue weighted by Gasteiger charge is -2.02. The summed E-state index contributed by atoms with van der Waals surface area (Å²) in [4.78, 5) is 22.5. The zero-order valence-corrected chi connectivity index (χ0v) is 8.16. The molecule has 0 radical (unpaired) electrons. The third-order valence-electron chi connectivity index (χ3n) is 1.88. The maximum Gasteiger partial charge on any atom is 0.354 e. The van der Waals surface area contributed by atoms with E-state index in [0.717, 1.165) is 0 Å². The Balaban J connectivity index is 2.54. The lowest BCUT2D eigenvalue weighted by Crippen LogP contribution is -2.05. The van der Waals surface area contributed by atoms with E-state index in [9.17, 15) is 4.79 Å². The van der Waals surface area contributed by atoms with E-state index in [2.05, 4.69) is 15.0 Å². The van der Waals surface area contributed by atoms with Crippen LogP contribution in [-0.2, 0) is 0 Å². The molecule has 6 nitrogen and oxygen atoms in total. The van der Waals surface area contributed by atoms with Gasteiger partial charge in [0.15, 0.2) is 11.5 Å². The summed E-state index contributed by atoms with van der Waals surface area (Å²) in [5.74, 6) is -0.768. The number of nitrogens with zero attached hydrogens (tertiary/aromatic N) is 3. The summed E-state index contributed by atoms with van der Waals surface area (Å²) >= 11 is 0. The van der Waals surface area contributed by atoms with Crippen LogP contribution in [0.15, 0.2) is 30.6 Å². The molecule has 0 unspecified atom stereocenters. The maximum absolute atomic E-state index is 10.8. The molecule has 16 heavy (non-hydrogen) atoms. The molecule has 0 atom stereocenters. The van der Waals surface area contributed by atoms with Crippen LogP contribution in [0, 0.1) is 0 Å². The minimum Gasteiger partial charge on any atom is -0.477 e. The van der Waals surface area contributed by atoms with Gasteiger partial charge in [-0.05, 0) is 12.1 Å².